The average Bonchev–Trinajstić information content (AvgIpc) is 3.13. The van der Waals surface area contributed by atoms with Crippen molar-refractivity contribution < 1.29 is 14.3 Å². The third-order valence-corrected chi connectivity index (χ3v) is 3.61. The molecule has 6 nitrogen and oxygen atoms in total. The summed E-state index contributed by atoms with van der Waals surface area (Å²) in [7, 11) is 0. The van der Waals surface area contributed by atoms with Gasteiger partial charge in [0.2, 0.25) is 0 Å². The highest BCUT2D eigenvalue weighted by Crippen LogP contribution is 2.29. The van der Waals surface area contributed by atoms with Gasteiger partial charge in [-0.05, 0) is 43.5 Å². The molecule has 1 fully saturated rings. The van der Waals surface area contributed by atoms with Crippen LogP contribution in [0.4, 0.5) is 0 Å². The van der Waals surface area contributed by atoms with Crippen LogP contribution in [-0.2, 0) is 4.79 Å². The van der Waals surface area contributed by atoms with Crippen LogP contribution in [0.1, 0.15) is 25.3 Å². The highest BCUT2D eigenvalue weighted by atomic mass is 16.5. The minimum Gasteiger partial charge on any atom is -0.490 e. The van der Waals surface area contributed by atoms with E-state index in [1.807, 2.05) is 19.1 Å². The lowest BCUT2D eigenvalue weighted by molar-refractivity contribution is -0.125. The molecule has 0 saturated carbocycles. The van der Waals surface area contributed by atoms with Crippen LogP contribution in [0.25, 0.3) is 6.08 Å². The Morgan fingerprint density at radius 2 is 2.00 bits per heavy atom. The molecule has 0 bridgehead atoms. The molecule has 6 heteroatoms. The van der Waals surface area contributed by atoms with Gasteiger partial charge in [-0.2, -0.15) is 10.5 Å². The monoisotopic (exact) mass is 325 g/mol. The molecule has 24 heavy (non-hydrogen) atoms. The van der Waals surface area contributed by atoms with Gasteiger partial charge in [-0.25, -0.2) is 0 Å². The summed E-state index contributed by atoms with van der Waals surface area (Å²) in [5.74, 6) is 0.699. The average molecular weight is 325 g/mol. The molecule has 0 spiro atoms. The van der Waals surface area contributed by atoms with E-state index in [0.717, 1.165) is 12.8 Å². The fourth-order valence-electron chi connectivity index (χ4n) is 2.51. The number of likely N-dealkylation sites (tertiary alicyclic amines) is 1. The molecule has 1 aliphatic rings. The van der Waals surface area contributed by atoms with Crippen molar-refractivity contribution in [2.75, 3.05) is 26.3 Å². The summed E-state index contributed by atoms with van der Waals surface area (Å²) in [6.07, 6.45) is 3.50. The number of carbonyl (C=O) groups excluding carboxylic acids is 1. The summed E-state index contributed by atoms with van der Waals surface area (Å²) in [6.45, 7) is 3.60. The Bertz CT molecular complexity index is 707. The zero-order chi connectivity index (χ0) is 17.4. The van der Waals surface area contributed by atoms with Gasteiger partial charge in [0.1, 0.15) is 17.7 Å². The molecular weight excluding hydrogens is 306 g/mol. The van der Waals surface area contributed by atoms with E-state index in [2.05, 4.69) is 0 Å². The van der Waals surface area contributed by atoms with E-state index in [0.29, 0.717) is 36.8 Å². The summed E-state index contributed by atoms with van der Waals surface area (Å²) in [5, 5.41) is 17.9. The van der Waals surface area contributed by atoms with Gasteiger partial charge >= 0.3 is 0 Å². The Labute approximate surface area is 141 Å². The number of carbonyl (C=O) groups is 1. The van der Waals surface area contributed by atoms with Crippen LogP contribution in [0, 0.1) is 22.7 Å². The zero-order valence-corrected chi connectivity index (χ0v) is 13.6. The maximum Gasteiger partial charge on any atom is 0.264 e. The van der Waals surface area contributed by atoms with Crippen LogP contribution in [0.2, 0.25) is 0 Å². The van der Waals surface area contributed by atoms with Gasteiger partial charge in [-0.1, -0.05) is 6.07 Å². The molecule has 2 rings (SSSR count). The van der Waals surface area contributed by atoms with E-state index in [1.165, 1.54) is 0 Å². The number of hydrogen-bond donors (Lipinski definition) is 0. The van der Waals surface area contributed by atoms with Gasteiger partial charge < -0.3 is 14.4 Å². The Balaban J connectivity index is 2.26. The maximum absolute atomic E-state index is 12.3. The number of amides is 1. The molecule has 1 aliphatic heterocycles. The lowest BCUT2D eigenvalue weighted by atomic mass is 10.1. The van der Waals surface area contributed by atoms with Gasteiger partial charge in [0, 0.05) is 13.1 Å². The molecule has 124 valence electrons. The third kappa shape index (κ3) is 4.27. The van der Waals surface area contributed by atoms with Crippen molar-refractivity contribution in [3.05, 3.63) is 29.3 Å². The van der Waals surface area contributed by atoms with E-state index in [1.54, 1.807) is 29.2 Å². The van der Waals surface area contributed by atoms with Gasteiger partial charge in [0.15, 0.2) is 18.1 Å². The quantitative estimate of drug-likeness (QED) is 0.592. The Hall–Kier alpha value is -2.99. The molecule has 0 N–H and O–H groups in total. The SMILES string of the molecule is CCOc1cc(/C=C(\C#N)C(=O)N2CCCC2)ccc1OCC#N. The first-order chi connectivity index (χ1) is 11.7. The number of hydrogen-bond acceptors (Lipinski definition) is 5. The minimum absolute atomic E-state index is 0.0772. The van der Waals surface area contributed by atoms with Crippen LogP contribution >= 0.6 is 0 Å². The van der Waals surface area contributed by atoms with E-state index in [4.69, 9.17) is 14.7 Å². The van der Waals surface area contributed by atoms with Crippen LogP contribution < -0.4 is 9.47 Å². The number of rotatable bonds is 6. The second kappa shape index (κ2) is 8.59. The van der Waals surface area contributed by atoms with Crippen LogP contribution in [0.3, 0.4) is 0 Å². The summed E-state index contributed by atoms with van der Waals surface area (Å²) < 4.78 is 10.8. The second-order valence-corrected chi connectivity index (χ2v) is 5.26. The number of nitriles is 2. The van der Waals surface area contributed by atoms with Crippen molar-refractivity contribution in [1.29, 1.82) is 10.5 Å². The minimum atomic E-state index is -0.238. The van der Waals surface area contributed by atoms with Crippen molar-refractivity contribution in [3.8, 4) is 23.6 Å². The predicted octanol–water partition coefficient (Wildman–Crippen LogP) is 2.52. The van der Waals surface area contributed by atoms with Crippen molar-refractivity contribution in [2.24, 2.45) is 0 Å². The van der Waals surface area contributed by atoms with E-state index in [9.17, 15) is 10.1 Å². The zero-order valence-electron chi connectivity index (χ0n) is 13.6. The second-order valence-electron chi connectivity index (χ2n) is 5.26. The van der Waals surface area contributed by atoms with Crippen molar-refractivity contribution >= 4 is 12.0 Å². The topological polar surface area (TPSA) is 86.3 Å². The molecule has 0 radical (unpaired) electrons. The summed E-state index contributed by atoms with van der Waals surface area (Å²) in [5.41, 5.74) is 0.775. The number of ether oxygens (including phenoxy) is 2. The van der Waals surface area contributed by atoms with Gasteiger partial charge in [0.05, 0.1) is 6.61 Å². The first-order valence-electron chi connectivity index (χ1n) is 7.87. The first-order valence-corrected chi connectivity index (χ1v) is 7.87. The summed E-state index contributed by atoms with van der Waals surface area (Å²) in [6, 6.07) is 8.98. The van der Waals surface area contributed by atoms with Crippen LogP contribution in [0.5, 0.6) is 11.5 Å². The number of benzene rings is 1. The fraction of sp³-hybridized carbons (Fsp3) is 0.389. The molecule has 0 aliphatic carbocycles. The fourth-order valence-corrected chi connectivity index (χ4v) is 2.51. The predicted molar refractivity (Wildman–Crippen MR) is 88.1 cm³/mol. The Morgan fingerprint density at radius 3 is 2.62 bits per heavy atom. The molecule has 0 aromatic heterocycles. The summed E-state index contributed by atoms with van der Waals surface area (Å²) in [4.78, 5) is 14.0. The molecule has 1 aromatic rings. The maximum atomic E-state index is 12.3. The highest BCUT2D eigenvalue weighted by molar-refractivity contribution is 6.01. The summed E-state index contributed by atoms with van der Waals surface area (Å²) >= 11 is 0. The largest absolute Gasteiger partial charge is 0.490 e. The molecule has 0 atom stereocenters. The van der Waals surface area contributed by atoms with E-state index >= 15 is 0 Å². The lowest BCUT2D eigenvalue weighted by Gasteiger charge is -2.14. The molecule has 1 saturated heterocycles. The number of nitrogens with zero attached hydrogens (tertiary/aromatic N) is 3. The molecule has 1 aromatic carbocycles. The Kier molecular flexibility index (Phi) is 6.22. The van der Waals surface area contributed by atoms with Crippen molar-refractivity contribution in [1.82, 2.24) is 4.90 Å². The van der Waals surface area contributed by atoms with Crippen LogP contribution in [-0.4, -0.2) is 37.1 Å². The van der Waals surface area contributed by atoms with Gasteiger partial charge in [0.25, 0.3) is 5.91 Å². The lowest BCUT2D eigenvalue weighted by Crippen LogP contribution is -2.28. The molecular formula is C18H19N3O3. The molecule has 1 heterocycles. The van der Waals surface area contributed by atoms with Crippen molar-refractivity contribution in [2.45, 2.75) is 19.8 Å². The molecule has 1 amide bonds. The van der Waals surface area contributed by atoms with Gasteiger partial charge in [-0.3, -0.25) is 4.79 Å². The van der Waals surface area contributed by atoms with Crippen molar-refractivity contribution in [3.63, 3.8) is 0 Å². The van der Waals surface area contributed by atoms with E-state index < -0.39 is 0 Å². The smallest absolute Gasteiger partial charge is 0.264 e. The Morgan fingerprint density at radius 1 is 1.25 bits per heavy atom. The standard InChI is InChI=1S/C18H19N3O3/c1-2-23-17-12-14(5-6-16(17)24-10-7-19)11-15(13-20)18(22)21-8-3-4-9-21/h5-6,11-12H,2-4,8-10H2,1H3/b15-11+. The van der Waals surface area contributed by atoms with Crippen LogP contribution in [0.15, 0.2) is 23.8 Å². The normalized spacial score (nSPS) is 14.0. The molecule has 0 unspecified atom stereocenters. The van der Waals surface area contributed by atoms with Gasteiger partial charge in [-0.15, -0.1) is 0 Å². The first kappa shape index (κ1) is 17.4. The highest BCUT2D eigenvalue weighted by Gasteiger charge is 2.21. The van der Waals surface area contributed by atoms with E-state index in [-0.39, 0.29) is 18.1 Å². The third-order valence-electron chi connectivity index (χ3n) is 3.61.